The van der Waals surface area contributed by atoms with Crippen LogP contribution in [0.2, 0.25) is 0 Å². The van der Waals surface area contributed by atoms with Crippen molar-refractivity contribution in [2.45, 2.75) is 25.8 Å². The molecule has 0 aromatic carbocycles. The largest absolute Gasteiger partial charge is 0.359 e. The minimum absolute atomic E-state index is 0.182. The molecule has 0 heterocycles. The van der Waals surface area contributed by atoms with Gasteiger partial charge in [-0.05, 0) is 20.3 Å². The summed E-state index contributed by atoms with van der Waals surface area (Å²) >= 11 is 0. The number of carbonyl (C=O) groups is 2. The first-order chi connectivity index (χ1) is 5.98. The van der Waals surface area contributed by atoms with E-state index < -0.39 is 5.54 Å². The molecule has 0 saturated heterocycles. The number of nitrogens with one attached hydrogen (secondary N) is 2. The maximum absolute atomic E-state index is 11.2. The Kier molecular flexibility index (Phi) is 5.06. The molecule has 0 fully saturated rings. The average Bonchev–Trinajstić information content (AvgIpc) is 2.02. The van der Waals surface area contributed by atoms with Crippen molar-refractivity contribution in [3.63, 3.8) is 0 Å². The van der Waals surface area contributed by atoms with Crippen molar-refractivity contribution < 1.29 is 9.59 Å². The normalized spacial score (nSPS) is 10.7. The lowest BCUT2D eigenvalue weighted by Crippen LogP contribution is -2.49. The molecule has 0 aliphatic carbocycles. The van der Waals surface area contributed by atoms with Crippen LogP contribution in [0.1, 0.15) is 20.3 Å². The van der Waals surface area contributed by atoms with Gasteiger partial charge in [0.2, 0.25) is 12.3 Å². The lowest BCUT2D eigenvalue weighted by Gasteiger charge is -2.17. The fraction of sp³-hybridized carbons (Fsp3) is 0.750. The van der Waals surface area contributed by atoms with E-state index in [2.05, 4.69) is 10.6 Å². The number of rotatable bonds is 6. The van der Waals surface area contributed by atoms with Gasteiger partial charge in [-0.15, -0.1) is 0 Å². The van der Waals surface area contributed by atoms with E-state index in [1.54, 1.807) is 13.8 Å². The zero-order valence-electron chi connectivity index (χ0n) is 8.09. The van der Waals surface area contributed by atoms with Gasteiger partial charge >= 0.3 is 0 Å². The predicted molar refractivity (Wildman–Crippen MR) is 50.0 cm³/mol. The Bertz CT molecular complexity index is 175. The Morgan fingerprint density at radius 2 is 2.08 bits per heavy atom. The molecule has 5 nitrogen and oxygen atoms in total. The monoisotopic (exact) mass is 187 g/mol. The van der Waals surface area contributed by atoms with Gasteiger partial charge in [0, 0.05) is 13.1 Å². The summed E-state index contributed by atoms with van der Waals surface area (Å²) in [5, 5.41) is 5.16. The molecular weight excluding hydrogens is 170 g/mol. The second-order valence-electron chi connectivity index (χ2n) is 3.40. The molecule has 0 aliphatic heterocycles. The summed E-state index contributed by atoms with van der Waals surface area (Å²) < 4.78 is 0. The molecule has 13 heavy (non-hydrogen) atoms. The molecule has 0 spiro atoms. The third-order valence-corrected chi connectivity index (χ3v) is 1.45. The molecular formula is C8H17N3O2. The van der Waals surface area contributed by atoms with Gasteiger partial charge < -0.3 is 16.4 Å². The van der Waals surface area contributed by atoms with Crippen LogP contribution in [0.3, 0.4) is 0 Å². The molecule has 0 rings (SSSR count). The van der Waals surface area contributed by atoms with Crippen molar-refractivity contribution in [2.24, 2.45) is 5.73 Å². The van der Waals surface area contributed by atoms with E-state index in [9.17, 15) is 9.59 Å². The zero-order chi connectivity index (χ0) is 10.3. The average molecular weight is 187 g/mol. The van der Waals surface area contributed by atoms with E-state index >= 15 is 0 Å². The standard InChI is InChI=1S/C8H17N3O2/c1-8(2,9)7(13)11-5-3-4-10-6-12/h6H,3-5,9H2,1-2H3,(H,10,12)(H,11,13). The molecule has 4 N–H and O–H groups in total. The van der Waals surface area contributed by atoms with E-state index in [1.807, 2.05) is 0 Å². The lowest BCUT2D eigenvalue weighted by atomic mass is 10.1. The van der Waals surface area contributed by atoms with Crippen molar-refractivity contribution in [3.8, 4) is 0 Å². The molecule has 0 atom stereocenters. The maximum Gasteiger partial charge on any atom is 0.239 e. The molecule has 0 aromatic rings. The minimum Gasteiger partial charge on any atom is -0.359 e. The lowest BCUT2D eigenvalue weighted by molar-refractivity contribution is -0.125. The van der Waals surface area contributed by atoms with Crippen molar-refractivity contribution in [2.75, 3.05) is 13.1 Å². The van der Waals surface area contributed by atoms with Crippen LogP contribution >= 0.6 is 0 Å². The van der Waals surface area contributed by atoms with Crippen LogP contribution in [0.5, 0.6) is 0 Å². The Morgan fingerprint density at radius 1 is 1.46 bits per heavy atom. The van der Waals surface area contributed by atoms with Crippen LogP contribution < -0.4 is 16.4 Å². The van der Waals surface area contributed by atoms with Crippen molar-refractivity contribution in [1.29, 1.82) is 0 Å². The highest BCUT2D eigenvalue weighted by Gasteiger charge is 2.20. The van der Waals surface area contributed by atoms with Gasteiger partial charge in [0.05, 0.1) is 5.54 Å². The molecule has 0 radical (unpaired) electrons. The number of hydrogen-bond acceptors (Lipinski definition) is 3. The van der Waals surface area contributed by atoms with Crippen molar-refractivity contribution in [3.05, 3.63) is 0 Å². The SMILES string of the molecule is CC(C)(N)C(=O)NCCCNC=O. The molecule has 0 aromatic heterocycles. The first kappa shape index (κ1) is 11.9. The second-order valence-corrected chi connectivity index (χ2v) is 3.40. The number of nitrogens with two attached hydrogens (primary N) is 1. The van der Waals surface area contributed by atoms with E-state index in [-0.39, 0.29) is 5.91 Å². The van der Waals surface area contributed by atoms with E-state index in [0.717, 1.165) is 0 Å². The highest BCUT2D eigenvalue weighted by atomic mass is 16.2. The topological polar surface area (TPSA) is 84.2 Å². The summed E-state index contributed by atoms with van der Waals surface area (Å²) in [5.74, 6) is -0.182. The van der Waals surface area contributed by atoms with Gasteiger partial charge in [-0.2, -0.15) is 0 Å². The summed E-state index contributed by atoms with van der Waals surface area (Å²) in [6.07, 6.45) is 1.34. The smallest absolute Gasteiger partial charge is 0.239 e. The zero-order valence-corrected chi connectivity index (χ0v) is 8.09. The van der Waals surface area contributed by atoms with E-state index in [0.29, 0.717) is 25.9 Å². The van der Waals surface area contributed by atoms with Crippen molar-refractivity contribution >= 4 is 12.3 Å². The predicted octanol–water partition coefficient (Wildman–Crippen LogP) is -1.02. The number of carbonyl (C=O) groups excluding carboxylic acids is 2. The summed E-state index contributed by atoms with van der Waals surface area (Å²) in [6, 6.07) is 0. The Labute approximate surface area is 78.1 Å². The fourth-order valence-corrected chi connectivity index (χ4v) is 0.679. The molecule has 76 valence electrons. The van der Waals surface area contributed by atoms with Crippen LogP contribution in [0, 0.1) is 0 Å². The van der Waals surface area contributed by atoms with Crippen LogP contribution in [0.25, 0.3) is 0 Å². The van der Waals surface area contributed by atoms with Gasteiger partial charge in [-0.1, -0.05) is 0 Å². The quantitative estimate of drug-likeness (QED) is 0.367. The maximum atomic E-state index is 11.2. The van der Waals surface area contributed by atoms with Gasteiger partial charge in [-0.3, -0.25) is 9.59 Å². The first-order valence-corrected chi connectivity index (χ1v) is 4.22. The van der Waals surface area contributed by atoms with Gasteiger partial charge in [0.1, 0.15) is 0 Å². The van der Waals surface area contributed by atoms with Gasteiger partial charge in [-0.25, -0.2) is 0 Å². The first-order valence-electron chi connectivity index (χ1n) is 4.22. The van der Waals surface area contributed by atoms with Crippen LogP contribution in [0.15, 0.2) is 0 Å². The van der Waals surface area contributed by atoms with Crippen LogP contribution in [-0.4, -0.2) is 30.9 Å². The minimum atomic E-state index is -0.835. The third kappa shape index (κ3) is 6.10. The summed E-state index contributed by atoms with van der Waals surface area (Å²) in [5.41, 5.74) is 4.70. The second kappa shape index (κ2) is 5.53. The molecule has 0 aliphatic rings. The van der Waals surface area contributed by atoms with Gasteiger partial charge in [0.25, 0.3) is 0 Å². The highest BCUT2D eigenvalue weighted by molar-refractivity contribution is 5.84. The molecule has 0 unspecified atom stereocenters. The Hall–Kier alpha value is -1.10. The summed E-state index contributed by atoms with van der Waals surface area (Å²) in [4.78, 5) is 21.0. The number of amides is 2. The molecule has 2 amide bonds. The summed E-state index contributed by atoms with van der Waals surface area (Å²) in [7, 11) is 0. The van der Waals surface area contributed by atoms with E-state index in [1.165, 1.54) is 0 Å². The van der Waals surface area contributed by atoms with Crippen LogP contribution in [-0.2, 0) is 9.59 Å². The van der Waals surface area contributed by atoms with Gasteiger partial charge in [0.15, 0.2) is 0 Å². The molecule has 0 saturated carbocycles. The third-order valence-electron chi connectivity index (χ3n) is 1.45. The molecule has 5 heteroatoms. The Balaban J connectivity index is 3.43. The summed E-state index contributed by atoms with van der Waals surface area (Å²) in [6.45, 7) is 4.38. The highest BCUT2D eigenvalue weighted by Crippen LogP contribution is 1.94. The van der Waals surface area contributed by atoms with Crippen molar-refractivity contribution in [1.82, 2.24) is 10.6 Å². The fourth-order valence-electron chi connectivity index (χ4n) is 0.679. The molecule has 0 bridgehead atoms. The van der Waals surface area contributed by atoms with E-state index in [4.69, 9.17) is 5.73 Å². The Morgan fingerprint density at radius 3 is 2.54 bits per heavy atom. The number of hydrogen-bond donors (Lipinski definition) is 3. The van der Waals surface area contributed by atoms with Crippen LogP contribution in [0.4, 0.5) is 0 Å².